The first kappa shape index (κ1) is 15.8. The molecule has 1 N–H and O–H groups in total. The summed E-state index contributed by atoms with van der Waals surface area (Å²) in [5.41, 5.74) is 6.19. The van der Waals surface area contributed by atoms with Crippen LogP contribution in [-0.4, -0.2) is 18.2 Å². The number of nitrogens with zero attached hydrogens (tertiary/aromatic N) is 2. The number of amides is 1. The van der Waals surface area contributed by atoms with Crippen LogP contribution in [0, 0.1) is 11.3 Å². The quantitative estimate of drug-likeness (QED) is 0.881. The summed E-state index contributed by atoms with van der Waals surface area (Å²) in [5.74, 6) is 0.0455. The Balaban J connectivity index is 1.61. The predicted molar refractivity (Wildman–Crippen MR) is 90.7 cm³/mol. The van der Waals surface area contributed by atoms with E-state index >= 15 is 0 Å². The Morgan fingerprint density at radius 1 is 1.17 bits per heavy atom. The molecule has 0 aromatic heterocycles. The van der Waals surface area contributed by atoms with Gasteiger partial charge in [-0.15, -0.1) is 0 Å². The molecule has 120 valence electrons. The highest BCUT2D eigenvalue weighted by Crippen LogP contribution is 2.21. The molecule has 0 spiro atoms. The topological polar surface area (TPSA) is 74.5 Å². The second kappa shape index (κ2) is 7.42. The van der Waals surface area contributed by atoms with Crippen molar-refractivity contribution in [1.29, 1.82) is 5.26 Å². The lowest BCUT2D eigenvalue weighted by Gasteiger charge is -2.17. The number of carbonyl (C=O) groups is 1. The monoisotopic (exact) mass is 319 g/mol. The Hall–Kier alpha value is -3.13. The number of hydrogen-bond donors (Lipinski definition) is 1. The molecule has 5 nitrogen and oxygen atoms in total. The number of aryl methyl sites for hydroxylation is 1. The summed E-state index contributed by atoms with van der Waals surface area (Å²) in [6.07, 6.45) is 2.91. The minimum absolute atomic E-state index is 0.183. The van der Waals surface area contributed by atoms with Crippen LogP contribution in [0.3, 0.4) is 0 Å². The molecule has 2 aromatic rings. The van der Waals surface area contributed by atoms with Crippen molar-refractivity contribution in [3.05, 3.63) is 65.2 Å². The third-order valence-electron chi connectivity index (χ3n) is 3.87. The first-order valence-electron chi connectivity index (χ1n) is 7.83. The third kappa shape index (κ3) is 3.61. The number of benzene rings is 2. The molecule has 0 unspecified atom stereocenters. The van der Waals surface area contributed by atoms with E-state index in [0.717, 1.165) is 30.5 Å². The van der Waals surface area contributed by atoms with E-state index in [-0.39, 0.29) is 12.5 Å². The van der Waals surface area contributed by atoms with Crippen LogP contribution in [-0.2, 0) is 11.2 Å². The number of ether oxygens (including phenoxy) is 1. The van der Waals surface area contributed by atoms with Gasteiger partial charge in [0.1, 0.15) is 11.8 Å². The zero-order chi connectivity index (χ0) is 16.8. The average Bonchev–Trinajstić information content (AvgIpc) is 2.64. The number of para-hydroxylation sites is 1. The molecule has 3 rings (SSSR count). The van der Waals surface area contributed by atoms with Crippen LogP contribution >= 0.6 is 0 Å². The van der Waals surface area contributed by atoms with Gasteiger partial charge in [0.25, 0.3) is 5.91 Å². The second-order valence-corrected chi connectivity index (χ2v) is 5.50. The summed E-state index contributed by atoms with van der Waals surface area (Å²) in [7, 11) is 0. The van der Waals surface area contributed by atoms with E-state index in [0.29, 0.717) is 11.3 Å². The molecule has 0 bridgehead atoms. The van der Waals surface area contributed by atoms with Crippen molar-refractivity contribution in [3.8, 4) is 11.8 Å². The van der Waals surface area contributed by atoms with Crippen molar-refractivity contribution >= 4 is 11.6 Å². The van der Waals surface area contributed by atoms with Gasteiger partial charge in [0.2, 0.25) is 0 Å². The van der Waals surface area contributed by atoms with Crippen molar-refractivity contribution in [2.24, 2.45) is 5.10 Å². The van der Waals surface area contributed by atoms with E-state index in [1.807, 2.05) is 24.3 Å². The molecule has 5 heteroatoms. The Kier molecular flexibility index (Phi) is 4.87. The zero-order valence-electron chi connectivity index (χ0n) is 13.2. The molecule has 0 aliphatic heterocycles. The number of rotatable bonds is 4. The van der Waals surface area contributed by atoms with Gasteiger partial charge in [0.15, 0.2) is 6.61 Å². The van der Waals surface area contributed by atoms with Crippen LogP contribution in [0.5, 0.6) is 5.75 Å². The summed E-state index contributed by atoms with van der Waals surface area (Å²) < 4.78 is 5.40. The van der Waals surface area contributed by atoms with E-state index < -0.39 is 0 Å². The highest BCUT2D eigenvalue weighted by Gasteiger charge is 2.15. The minimum atomic E-state index is -0.349. The normalized spacial score (nSPS) is 14.5. The molecule has 1 amide bonds. The summed E-state index contributed by atoms with van der Waals surface area (Å²) in [6, 6.07) is 17.0. The van der Waals surface area contributed by atoms with Gasteiger partial charge in [-0.3, -0.25) is 4.79 Å². The fraction of sp³-hybridized carbons (Fsp3) is 0.211. The van der Waals surface area contributed by atoms with E-state index in [1.54, 1.807) is 24.3 Å². The van der Waals surface area contributed by atoms with Crippen molar-refractivity contribution < 1.29 is 9.53 Å². The lowest BCUT2D eigenvalue weighted by Crippen LogP contribution is -2.27. The molecule has 0 fully saturated rings. The molecule has 0 saturated heterocycles. The van der Waals surface area contributed by atoms with Gasteiger partial charge in [0, 0.05) is 5.56 Å². The van der Waals surface area contributed by atoms with Crippen LogP contribution in [0.2, 0.25) is 0 Å². The maximum atomic E-state index is 11.9. The van der Waals surface area contributed by atoms with Crippen LogP contribution < -0.4 is 10.2 Å². The molecule has 0 saturated carbocycles. The first-order chi connectivity index (χ1) is 11.8. The van der Waals surface area contributed by atoms with Crippen LogP contribution in [0.25, 0.3) is 0 Å². The molecule has 1 aliphatic rings. The van der Waals surface area contributed by atoms with Gasteiger partial charge in [-0.2, -0.15) is 10.4 Å². The zero-order valence-corrected chi connectivity index (χ0v) is 13.2. The van der Waals surface area contributed by atoms with Crippen LogP contribution in [0.15, 0.2) is 53.6 Å². The lowest BCUT2D eigenvalue weighted by molar-refractivity contribution is -0.123. The highest BCUT2D eigenvalue weighted by atomic mass is 16.5. The standard InChI is InChI=1S/C19H17N3O2/c20-12-15-7-2-4-11-18(15)24-13-19(23)22-21-17-10-5-8-14-6-1-3-9-16(14)17/h1-4,6-7,9,11H,5,8,10,13H2,(H,22,23)/b21-17-. The van der Waals surface area contributed by atoms with Gasteiger partial charge < -0.3 is 4.74 Å². The number of hydrogen-bond acceptors (Lipinski definition) is 4. The molecular formula is C19H17N3O2. The van der Waals surface area contributed by atoms with Crippen molar-refractivity contribution in [3.63, 3.8) is 0 Å². The molecular weight excluding hydrogens is 302 g/mol. The van der Waals surface area contributed by atoms with Gasteiger partial charge in [-0.25, -0.2) is 5.43 Å². The Morgan fingerprint density at radius 3 is 2.83 bits per heavy atom. The van der Waals surface area contributed by atoms with Crippen LogP contribution in [0.1, 0.15) is 29.5 Å². The molecule has 0 heterocycles. The van der Waals surface area contributed by atoms with Crippen LogP contribution in [0.4, 0.5) is 0 Å². The molecule has 2 aromatic carbocycles. The van der Waals surface area contributed by atoms with E-state index in [9.17, 15) is 4.79 Å². The fourth-order valence-corrected chi connectivity index (χ4v) is 2.71. The summed E-state index contributed by atoms with van der Waals surface area (Å²) in [5, 5.41) is 13.2. The van der Waals surface area contributed by atoms with E-state index in [1.165, 1.54) is 5.56 Å². The van der Waals surface area contributed by atoms with E-state index in [2.05, 4.69) is 16.6 Å². The summed E-state index contributed by atoms with van der Waals surface area (Å²) >= 11 is 0. The van der Waals surface area contributed by atoms with Gasteiger partial charge in [-0.1, -0.05) is 36.4 Å². The summed E-state index contributed by atoms with van der Waals surface area (Å²) in [6.45, 7) is -0.183. The Morgan fingerprint density at radius 2 is 1.96 bits per heavy atom. The lowest BCUT2D eigenvalue weighted by atomic mass is 9.90. The molecule has 0 atom stereocenters. The molecule has 24 heavy (non-hydrogen) atoms. The number of carbonyl (C=O) groups excluding carboxylic acids is 1. The first-order valence-corrected chi connectivity index (χ1v) is 7.83. The minimum Gasteiger partial charge on any atom is -0.482 e. The number of fused-ring (bicyclic) bond motifs is 1. The van der Waals surface area contributed by atoms with Crippen molar-refractivity contribution in [2.45, 2.75) is 19.3 Å². The predicted octanol–water partition coefficient (Wildman–Crippen LogP) is 2.79. The van der Waals surface area contributed by atoms with Gasteiger partial charge in [-0.05, 0) is 37.0 Å². The largest absolute Gasteiger partial charge is 0.482 e. The maximum absolute atomic E-state index is 11.9. The number of hydrazone groups is 1. The summed E-state index contributed by atoms with van der Waals surface area (Å²) in [4.78, 5) is 11.9. The third-order valence-corrected chi connectivity index (χ3v) is 3.87. The second-order valence-electron chi connectivity index (χ2n) is 5.50. The van der Waals surface area contributed by atoms with Crippen molar-refractivity contribution in [2.75, 3.05) is 6.61 Å². The smallest absolute Gasteiger partial charge is 0.277 e. The van der Waals surface area contributed by atoms with Gasteiger partial charge in [0.05, 0.1) is 11.3 Å². The van der Waals surface area contributed by atoms with E-state index in [4.69, 9.17) is 10.00 Å². The molecule has 0 radical (unpaired) electrons. The van der Waals surface area contributed by atoms with Gasteiger partial charge >= 0.3 is 0 Å². The number of nitriles is 1. The Bertz CT molecular complexity index is 821. The highest BCUT2D eigenvalue weighted by molar-refractivity contribution is 6.03. The van der Waals surface area contributed by atoms with Crippen molar-refractivity contribution in [1.82, 2.24) is 5.43 Å². The number of nitrogens with one attached hydrogen (secondary N) is 1. The molecule has 1 aliphatic carbocycles. The SMILES string of the molecule is N#Cc1ccccc1OCC(=O)N/N=C1/CCCc2ccccc21. The average molecular weight is 319 g/mol. The fourth-order valence-electron chi connectivity index (χ4n) is 2.71. The Labute approximate surface area is 140 Å². The maximum Gasteiger partial charge on any atom is 0.277 e.